The summed E-state index contributed by atoms with van der Waals surface area (Å²) in [6, 6.07) is -0.567. The van der Waals surface area contributed by atoms with E-state index in [1.165, 1.54) is 17.7 Å². The second-order valence-electron chi connectivity index (χ2n) is 6.32. The van der Waals surface area contributed by atoms with Gasteiger partial charge >= 0.3 is 29.2 Å². The molecule has 29 heavy (non-hydrogen) atoms. The molecule has 18 heteroatoms. The Balaban J connectivity index is 2.03. The Bertz CT molecular complexity index is 1010. The van der Waals surface area contributed by atoms with Gasteiger partial charge in [-0.25, -0.2) is 18.5 Å². The summed E-state index contributed by atoms with van der Waals surface area (Å²) in [6.07, 6.45) is 0.355. The van der Waals surface area contributed by atoms with Crippen LogP contribution in [0.2, 0.25) is 0 Å². The molecule has 1 fully saturated rings. The van der Waals surface area contributed by atoms with Gasteiger partial charge in [0.25, 0.3) is 5.56 Å². The molecule has 5 atom stereocenters. The Morgan fingerprint density at radius 2 is 1.72 bits per heavy atom. The van der Waals surface area contributed by atoms with Crippen molar-refractivity contribution in [2.75, 3.05) is 6.61 Å². The Morgan fingerprint density at radius 3 is 2.31 bits per heavy atom. The van der Waals surface area contributed by atoms with Crippen molar-refractivity contribution in [3.63, 3.8) is 0 Å². The van der Waals surface area contributed by atoms with Gasteiger partial charge in [0, 0.05) is 23.7 Å². The number of aromatic amines is 1. The van der Waals surface area contributed by atoms with E-state index in [1.807, 2.05) is 0 Å². The zero-order valence-electron chi connectivity index (χ0n) is 14.7. The van der Waals surface area contributed by atoms with E-state index in [-0.39, 0.29) is 18.4 Å². The number of hydrogen-bond donors (Lipinski definition) is 6. The Kier molecular flexibility index (Phi) is 7.26. The minimum Gasteiger partial charge on any atom is -0.393 e. The molecule has 1 saturated carbocycles. The number of aromatic nitrogens is 2. The van der Waals surface area contributed by atoms with Crippen LogP contribution in [-0.4, -0.2) is 46.9 Å². The molecule has 2 unspecified atom stereocenters. The van der Waals surface area contributed by atoms with Crippen LogP contribution < -0.4 is 11.2 Å². The van der Waals surface area contributed by atoms with Gasteiger partial charge in [-0.1, -0.05) is 0 Å². The van der Waals surface area contributed by atoms with Crippen LogP contribution in [0, 0.1) is 12.8 Å². The van der Waals surface area contributed by atoms with Crippen LogP contribution in [0.4, 0.5) is 0 Å². The lowest BCUT2D eigenvalue weighted by atomic mass is 10.1. The summed E-state index contributed by atoms with van der Waals surface area (Å²) in [7, 11) is -16.4. The van der Waals surface area contributed by atoms with Crippen molar-refractivity contribution >= 4 is 23.5 Å². The number of aliphatic hydroxyl groups is 1. The number of nitrogens with one attached hydrogen (secondary N) is 1. The van der Waals surface area contributed by atoms with Gasteiger partial charge in [-0.2, -0.15) is 8.62 Å². The van der Waals surface area contributed by atoms with Gasteiger partial charge in [-0.15, -0.1) is 0 Å². The van der Waals surface area contributed by atoms with Gasteiger partial charge in [-0.3, -0.25) is 18.9 Å². The molecular formula is C11H19N2O13P3. The number of phosphoric ester groups is 1. The van der Waals surface area contributed by atoms with E-state index >= 15 is 0 Å². The molecule has 1 aliphatic rings. The van der Waals surface area contributed by atoms with E-state index in [4.69, 9.17) is 14.7 Å². The van der Waals surface area contributed by atoms with E-state index in [2.05, 4.69) is 18.1 Å². The summed E-state index contributed by atoms with van der Waals surface area (Å²) < 4.78 is 46.5. The molecule has 2 rings (SSSR count). The summed E-state index contributed by atoms with van der Waals surface area (Å²) in [5.41, 5.74) is -1.00. The number of phosphoric acid groups is 3. The maximum Gasteiger partial charge on any atom is 0.490 e. The monoisotopic (exact) mass is 480 g/mol. The van der Waals surface area contributed by atoms with Crippen molar-refractivity contribution in [2.45, 2.75) is 31.9 Å². The third kappa shape index (κ3) is 7.06. The molecule has 0 aliphatic heterocycles. The first-order chi connectivity index (χ1) is 13.1. The van der Waals surface area contributed by atoms with Crippen LogP contribution in [0.3, 0.4) is 0 Å². The van der Waals surface area contributed by atoms with Crippen LogP contribution in [0.25, 0.3) is 0 Å². The van der Waals surface area contributed by atoms with Gasteiger partial charge < -0.3 is 24.7 Å². The average molecular weight is 480 g/mol. The van der Waals surface area contributed by atoms with Crippen molar-refractivity contribution in [1.29, 1.82) is 0 Å². The number of aliphatic hydroxyl groups excluding tert-OH is 1. The summed E-state index contributed by atoms with van der Waals surface area (Å²) in [5.74, 6) is -0.802. The quantitative estimate of drug-likeness (QED) is 0.258. The third-order valence-electron chi connectivity index (χ3n) is 4.04. The second kappa shape index (κ2) is 8.66. The highest BCUT2D eigenvalue weighted by Gasteiger charge is 2.42. The minimum atomic E-state index is -5.63. The van der Waals surface area contributed by atoms with Crippen LogP contribution in [0.15, 0.2) is 15.8 Å². The van der Waals surface area contributed by atoms with Gasteiger partial charge in [-0.05, 0) is 19.8 Å². The summed E-state index contributed by atoms with van der Waals surface area (Å²) >= 11 is 0. The molecule has 1 aromatic rings. The van der Waals surface area contributed by atoms with Crippen LogP contribution in [-0.2, 0) is 26.8 Å². The Labute approximate surface area is 162 Å². The number of rotatable bonds is 8. The third-order valence-corrected chi connectivity index (χ3v) is 7.84. The predicted octanol–water partition coefficient (Wildman–Crippen LogP) is -0.500. The first-order valence-electron chi connectivity index (χ1n) is 7.87. The summed E-state index contributed by atoms with van der Waals surface area (Å²) in [4.78, 5) is 61.0. The lowest BCUT2D eigenvalue weighted by Gasteiger charge is -2.19. The van der Waals surface area contributed by atoms with E-state index in [0.717, 1.165) is 0 Å². The maximum atomic E-state index is 11.9. The zero-order valence-corrected chi connectivity index (χ0v) is 17.4. The number of aryl methyl sites for hydroxylation is 1. The number of H-pyrrole nitrogens is 1. The largest absolute Gasteiger partial charge is 0.490 e. The zero-order chi connectivity index (χ0) is 22.2. The van der Waals surface area contributed by atoms with Crippen LogP contribution in [0.1, 0.15) is 24.4 Å². The minimum absolute atomic E-state index is 0.0514. The fourth-order valence-electron chi connectivity index (χ4n) is 2.83. The highest BCUT2D eigenvalue weighted by Crippen LogP contribution is 2.66. The number of nitrogens with zero attached hydrogens (tertiary/aromatic N) is 1. The molecule has 1 aliphatic carbocycles. The SMILES string of the molecule is Cc1cn([C@@H]2C[C@H](COP(=O)(O)OP(=O)(O)OP(=O)(O)O)[C@@H](O)C2)c(=O)[nH]c1=O. The topological polar surface area (TPSA) is 235 Å². The van der Waals surface area contributed by atoms with E-state index in [1.54, 1.807) is 0 Å². The standard InChI is InChI=1S/C11H19N2O13P3/c1-6-4-13(11(16)12-10(6)15)8-2-7(9(14)3-8)5-24-28(20,21)26-29(22,23)25-27(17,18)19/h4,7-9,14H,2-3,5H2,1H3,(H,20,21)(H,22,23)(H,12,15,16)(H2,17,18,19)/t7-,8-,9+/m1/s1. The lowest BCUT2D eigenvalue weighted by Crippen LogP contribution is -2.32. The van der Waals surface area contributed by atoms with Gasteiger partial charge in [0.2, 0.25) is 0 Å². The van der Waals surface area contributed by atoms with Crippen LogP contribution in [0.5, 0.6) is 0 Å². The molecule has 1 aromatic heterocycles. The molecule has 0 spiro atoms. The molecule has 166 valence electrons. The Morgan fingerprint density at radius 1 is 1.10 bits per heavy atom. The second-order valence-corrected chi connectivity index (χ2v) is 10.7. The van der Waals surface area contributed by atoms with Crippen molar-refractivity contribution in [3.8, 4) is 0 Å². The number of hydrogen-bond acceptors (Lipinski definition) is 9. The smallest absolute Gasteiger partial charge is 0.393 e. The predicted molar refractivity (Wildman–Crippen MR) is 93.6 cm³/mol. The Hall–Kier alpha value is -0.950. The molecule has 6 N–H and O–H groups in total. The lowest BCUT2D eigenvalue weighted by molar-refractivity contribution is 0.0834. The summed E-state index contributed by atoms with van der Waals surface area (Å²) in [5, 5.41) is 10.1. The molecule has 0 aromatic carbocycles. The average Bonchev–Trinajstić information content (AvgIpc) is 2.86. The fourth-order valence-corrected chi connectivity index (χ4v) is 5.91. The maximum absolute atomic E-state index is 11.9. The molecule has 1 heterocycles. The molecule has 0 radical (unpaired) electrons. The summed E-state index contributed by atoms with van der Waals surface area (Å²) in [6.45, 7) is 0.825. The molecule has 0 amide bonds. The molecule has 0 saturated heterocycles. The van der Waals surface area contributed by atoms with E-state index in [9.17, 15) is 33.3 Å². The molecule has 15 nitrogen and oxygen atoms in total. The molecule has 0 bridgehead atoms. The molecular weight excluding hydrogens is 461 g/mol. The van der Waals surface area contributed by atoms with Crippen molar-refractivity contribution in [1.82, 2.24) is 9.55 Å². The van der Waals surface area contributed by atoms with Gasteiger partial charge in [0.1, 0.15) is 0 Å². The normalized spacial score (nSPS) is 26.8. The van der Waals surface area contributed by atoms with Crippen molar-refractivity contribution < 1.29 is 51.5 Å². The first-order valence-corrected chi connectivity index (χ1v) is 12.4. The first kappa shape index (κ1) is 24.3. The van der Waals surface area contributed by atoms with E-state index < -0.39 is 59.4 Å². The van der Waals surface area contributed by atoms with Gasteiger partial charge in [0.15, 0.2) is 0 Å². The highest BCUT2D eigenvalue weighted by atomic mass is 31.3. The highest BCUT2D eigenvalue weighted by molar-refractivity contribution is 7.66. The fraction of sp³-hybridized carbons (Fsp3) is 0.636. The van der Waals surface area contributed by atoms with Crippen molar-refractivity contribution in [3.05, 3.63) is 32.6 Å². The van der Waals surface area contributed by atoms with Crippen molar-refractivity contribution in [2.24, 2.45) is 5.92 Å². The van der Waals surface area contributed by atoms with E-state index in [0.29, 0.717) is 0 Å². The van der Waals surface area contributed by atoms with Crippen LogP contribution >= 0.6 is 23.5 Å². The van der Waals surface area contributed by atoms with Gasteiger partial charge in [0.05, 0.1) is 12.7 Å².